The third-order valence-electron chi connectivity index (χ3n) is 4.88. The second kappa shape index (κ2) is 8.46. The van der Waals surface area contributed by atoms with Crippen LogP contribution < -0.4 is 0 Å². The Morgan fingerprint density at radius 2 is 1.52 bits per heavy atom. The van der Waals surface area contributed by atoms with Gasteiger partial charge in [-0.3, -0.25) is 4.57 Å². The van der Waals surface area contributed by atoms with Crippen LogP contribution in [0, 0.1) is 0 Å². The fourth-order valence-corrected chi connectivity index (χ4v) is 3.95. The summed E-state index contributed by atoms with van der Waals surface area (Å²) in [5.74, 6) is 0. The predicted molar refractivity (Wildman–Crippen MR) is 119 cm³/mol. The molecule has 1 atom stereocenters. The number of rotatable bonds is 7. The zero-order valence-corrected chi connectivity index (χ0v) is 18.6. The molecule has 0 saturated carbocycles. The Morgan fingerprint density at radius 1 is 0.963 bits per heavy atom. The summed E-state index contributed by atoms with van der Waals surface area (Å²) in [6.07, 6.45) is 2.07. The molecule has 0 fully saturated rings. The molecule has 3 aromatic rings. The van der Waals surface area contributed by atoms with Gasteiger partial charge in [0.15, 0.2) is 5.16 Å². The van der Waals surface area contributed by atoms with E-state index in [1.54, 1.807) is 11.8 Å². The average molecular weight is 397 g/mol. The first-order valence-corrected chi connectivity index (χ1v) is 14.1. The average Bonchev–Trinajstić information content (AvgIpc) is 3.05. The number of hydrogen-bond donors (Lipinski definition) is 0. The molecule has 1 unspecified atom stereocenters. The van der Waals surface area contributed by atoms with E-state index in [-0.39, 0.29) is 5.73 Å². The third kappa shape index (κ3) is 4.54. The zero-order chi connectivity index (χ0) is 19.4. The first-order valence-electron chi connectivity index (χ1n) is 9.28. The Balaban J connectivity index is 2.10. The third-order valence-corrected chi connectivity index (χ3v) is 8.17. The van der Waals surface area contributed by atoms with Crippen LogP contribution in [0.1, 0.15) is 6.92 Å². The quantitative estimate of drug-likeness (QED) is 0.352. The minimum atomic E-state index is -1.36. The van der Waals surface area contributed by atoms with Gasteiger partial charge in [0.1, 0.15) is 6.73 Å². The van der Waals surface area contributed by atoms with E-state index in [9.17, 15) is 0 Å². The molecule has 0 spiro atoms. The monoisotopic (exact) mass is 396 g/mol. The Kier molecular flexibility index (Phi) is 6.24. The van der Waals surface area contributed by atoms with Crippen molar-refractivity contribution in [2.45, 2.75) is 44.2 Å². The molecule has 0 aliphatic heterocycles. The number of thioether (sulfide) groups is 1. The van der Waals surface area contributed by atoms with Gasteiger partial charge in [-0.05, 0) is 13.2 Å². The summed E-state index contributed by atoms with van der Waals surface area (Å²) in [5.41, 5.74) is 4.69. The SMILES string of the molecule is CSc1nc(-c2ccccc2)c(-c2ccccc2)n1COC(C)[Si](C)(C)C. The number of imidazole rings is 1. The van der Waals surface area contributed by atoms with Crippen LogP contribution >= 0.6 is 11.8 Å². The lowest BCUT2D eigenvalue weighted by Crippen LogP contribution is -2.38. The van der Waals surface area contributed by atoms with Crippen LogP contribution in [0.15, 0.2) is 65.8 Å². The lowest BCUT2D eigenvalue weighted by molar-refractivity contribution is 0.0525. The van der Waals surface area contributed by atoms with E-state index < -0.39 is 8.07 Å². The van der Waals surface area contributed by atoms with Gasteiger partial charge in [-0.1, -0.05) is 92.1 Å². The molecule has 0 amide bonds. The first-order chi connectivity index (χ1) is 12.9. The molecule has 142 valence electrons. The Morgan fingerprint density at radius 3 is 2.04 bits per heavy atom. The van der Waals surface area contributed by atoms with E-state index in [4.69, 9.17) is 9.72 Å². The van der Waals surface area contributed by atoms with Gasteiger partial charge in [0.05, 0.1) is 19.5 Å². The molecule has 1 heterocycles. The maximum absolute atomic E-state index is 6.32. The Hall–Kier alpha value is -1.82. The summed E-state index contributed by atoms with van der Waals surface area (Å²) in [6.45, 7) is 9.74. The number of ether oxygens (including phenoxy) is 1. The van der Waals surface area contributed by atoms with E-state index in [2.05, 4.69) is 85.9 Å². The van der Waals surface area contributed by atoms with Crippen LogP contribution in [0.3, 0.4) is 0 Å². The fraction of sp³-hybridized carbons (Fsp3) is 0.318. The molecule has 3 nitrogen and oxygen atoms in total. The van der Waals surface area contributed by atoms with Crippen molar-refractivity contribution in [2.24, 2.45) is 0 Å². The van der Waals surface area contributed by atoms with Gasteiger partial charge in [0.2, 0.25) is 0 Å². The van der Waals surface area contributed by atoms with Gasteiger partial charge < -0.3 is 4.74 Å². The van der Waals surface area contributed by atoms with E-state index in [1.165, 1.54) is 0 Å². The first kappa shape index (κ1) is 19.9. The number of benzene rings is 2. The smallest absolute Gasteiger partial charge is 0.170 e. The highest BCUT2D eigenvalue weighted by Crippen LogP contribution is 2.35. The van der Waals surface area contributed by atoms with Crippen LogP contribution in [-0.4, -0.2) is 29.6 Å². The van der Waals surface area contributed by atoms with E-state index in [1.807, 2.05) is 12.1 Å². The van der Waals surface area contributed by atoms with Crippen LogP contribution in [0.5, 0.6) is 0 Å². The van der Waals surface area contributed by atoms with Crippen molar-refractivity contribution in [3.8, 4) is 22.5 Å². The van der Waals surface area contributed by atoms with Crippen molar-refractivity contribution >= 4 is 19.8 Å². The molecule has 27 heavy (non-hydrogen) atoms. The van der Waals surface area contributed by atoms with Crippen molar-refractivity contribution < 1.29 is 4.74 Å². The summed E-state index contributed by atoms with van der Waals surface area (Å²) >= 11 is 1.66. The van der Waals surface area contributed by atoms with Crippen LogP contribution in [-0.2, 0) is 11.5 Å². The second-order valence-electron chi connectivity index (χ2n) is 7.76. The van der Waals surface area contributed by atoms with Gasteiger partial charge >= 0.3 is 0 Å². The molecule has 0 saturated heterocycles. The van der Waals surface area contributed by atoms with Gasteiger partial charge in [-0.25, -0.2) is 4.98 Å². The van der Waals surface area contributed by atoms with Crippen LogP contribution in [0.4, 0.5) is 0 Å². The highest BCUT2D eigenvalue weighted by Gasteiger charge is 2.25. The fourth-order valence-electron chi connectivity index (χ4n) is 2.83. The predicted octanol–water partition coefficient (Wildman–Crippen LogP) is 6.18. The van der Waals surface area contributed by atoms with Crippen molar-refractivity contribution in [3.05, 3.63) is 60.7 Å². The molecule has 0 bridgehead atoms. The second-order valence-corrected chi connectivity index (χ2v) is 14.1. The molecule has 1 aromatic heterocycles. The molecule has 5 heteroatoms. The van der Waals surface area contributed by atoms with Crippen LogP contribution in [0.25, 0.3) is 22.5 Å². The minimum Gasteiger partial charge on any atom is -0.361 e. The van der Waals surface area contributed by atoms with Crippen molar-refractivity contribution in [2.75, 3.05) is 6.26 Å². The van der Waals surface area contributed by atoms with Crippen LogP contribution in [0.2, 0.25) is 19.6 Å². The molecular weight excluding hydrogens is 368 g/mol. The summed E-state index contributed by atoms with van der Waals surface area (Å²) < 4.78 is 8.54. The largest absolute Gasteiger partial charge is 0.361 e. The maximum Gasteiger partial charge on any atom is 0.170 e. The highest BCUT2D eigenvalue weighted by molar-refractivity contribution is 7.98. The van der Waals surface area contributed by atoms with Gasteiger partial charge in [0, 0.05) is 16.9 Å². The molecule has 0 radical (unpaired) electrons. The van der Waals surface area contributed by atoms with Crippen molar-refractivity contribution in [1.82, 2.24) is 9.55 Å². The Labute approximate surface area is 167 Å². The number of aromatic nitrogens is 2. The molecule has 3 rings (SSSR count). The normalized spacial score (nSPS) is 12.9. The van der Waals surface area contributed by atoms with E-state index >= 15 is 0 Å². The van der Waals surface area contributed by atoms with Gasteiger partial charge in [-0.15, -0.1) is 0 Å². The maximum atomic E-state index is 6.32. The molecule has 0 aliphatic carbocycles. The topological polar surface area (TPSA) is 27.1 Å². The molecule has 0 N–H and O–H groups in total. The molecule has 2 aromatic carbocycles. The van der Waals surface area contributed by atoms with Gasteiger partial charge in [-0.2, -0.15) is 0 Å². The Bertz CT molecular complexity index is 873. The van der Waals surface area contributed by atoms with E-state index in [0.717, 1.165) is 27.7 Å². The minimum absolute atomic E-state index is 0.276. The van der Waals surface area contributed by atoms with Crippen molar-refractivity contribution in [3.63, 3.8) is 0 Å². The summed E-state index contributed by atoms with van der Waals surface area (Å²) in [4.78, 5) is 4.97. The van der Waals surface area contributed by atoms with Crippen molar-refractivity contribution in [1.29, 1.82) is 0 Å². The summed E-state index contributed by atoms with van der Waals surface area (Å²) in [5, 5.41) is 0.982. The number of nitrogens with zero attached hydrogens (tertiary/aromatic N) is 2. The lowest BCUT2D eigenvalue weighted by atomic mass is 10.0. The molecule has 0 aliphatic rings. The highest BCUT2D eigenvalue weighted by atomic mass is 32.2. The standard InChI is InChI=1S/C22H28N2OSSi/c1-17(27(3,4)5)25-16-24-21(19-14-10-7-11-15-19)20(23-22(24)26-2)18-12-8-6-9-13-18/h6-15,17H,16H2,1-5H3. The lowest BCUT2D eigenvalue weighted by Gasteiger charge is -2.26. The zero-order valence-electron chi connectivity index (χ0n) is 16.8. The van der Waals surface area contributed by atoms with E-state index in [0.29, 0.717) is 6.73 Å². The summed E-state index contributed by atoms with van der Waals surface area (Å²) in [6, 6.07) is 20.9. The molecular formula is C22H28N2OSSi. The number of hydrogen-bond acceptors (Lipinski definition) is 3. The summed E-state index contributed by atoms with van der Waals surface area (Å²) in [7, 11) is -1.36. The van der Waals surface area contributed by atoms with Gasteiger partial charge in [0.25, 0.3) is 0 Å².